The van der Waals surface area contributed by atoms with Gasteiger partial charge in [-0.05, 0) is 39.5 Å². The van der Waals surface area contributed by atoms with Crippen LogP contribution in [0, 0.1) is 5.92 Å². The highest BCUT2D eigenvalue weighted by Crippen LogP contribution is 2.25. The van der Waals surface area contributed by atoms with Gasteiger partial charge in [0.2, 0.25) is 0 Å². The number of hydrogen-bond acceptors (Lipinski definition) is 3. The third-order valence-corrected chi connectivity index (χ3v) is 3.24. The van der Waals surface area contributed by atoms with Gasteiger partial charge in [-0.25, -0.2) is 4.79 Å². The maximum absolute atomic E-state index is 11.7. The zero-order chi connectivity index (χ0) is 13.6. The first-order chi connectivity index (χ1) is 8.42. The van der Waals surface area contributed by atoms with Crippen molar-refractivity contribution >= 4 is 12.4 Å². The minimum absolute atomic E-state index is 0.262. The van der Waals surface area contributed by atoms with E-state index in [1.807, 2.05) is 20.8 Å². The van der Waals surface area contributed by atoms with Crippen LogP contribution in [0.25, 0.3) is 0 Å². The number of ether oxygens (including phenoxy) is 1. The highest BCUT2D eigenvalue weighted by molar-refractivity contribution is 5.73. The van der Waals surface area contributed by atoms with Crippen molar-refractivity contribution in [3.05, 3.63) is 0 Å². The van der Waals surface area contributed by atoms with E-state index in [2.05, 4.69) is 5.32 Å². The Balaban J connectivity index is 2.49. The van der Waals surface area contributed by atoms with Crippen LogP contribution in [-0.2, 0) is 9.53 Å². The molecule has 1 aliphatic rings. The topological polar surface area (TPSA) is 55.4 Å². The lowest BCUT2D eigenvalue weighted by Gasteiger charge is -2.25. The number of hydrogen-bond donors (Lipinski definition) is 1. The molecule has 18 heavy (non-hydrogen) atoms. The first-order valence-corrected chi connectivity index (χ1v) is 6.87. The van der Waals surface area contributed by atoms with Crippen molar-refractivity contribution in [2.75, 3.05) is 0 Å². The zero-order valence-corrected chi connectivity index (χ0v) is 11.7. The molecule has 0 aliphatic heterocycles. The fourth-order valence-electron chi connectivity index (χ4n) is 2.38. The van der Waals surface area contributed by atoms with Gasteiger partial charge in [-0.3, -0.25) is 0 Å². The van der Waals surface area contributed by atoms with Gasteiger partial charge in [-0.1, -0.05) is 25.7 Å². The normalized spacial score (nSPS) is 19.7. The summed E-state index contributed by atoms with van der Waals surface area (Å²) in [7, 11) is 0. The molecule has 0 saturated heterocycles. The van der Waals surface area contributed by atoms with Crippen LogP contribution in [0.1, 0.15) is 59.3 Å². The lowest BCUT2D eigenvalue weighted by Crippen LogP contribution is -2.44. The Morgan fingerprint density at radius 3 is 2.22 bits per heavy atom. The SMILES string of the molecule is CC(C)(C)OC(=O)NC(C=O)C1CCCCCC1. The molecule has 1 unspecified atom stereocenters. The van der Waals surface area contributed by atoms with Crippen LogP contribution >= 0.6 is 0 Å². The highest BCUT2D eigenvalue weighted by Gasteiger charge is 2.26. The summed E-state index contributed by atoms with van der Waals surface area (Å²) in [6.45, 7) is 5.44. The number of nitrogens with one attached hydrogen (secondary N) is 1. The molecular weight excluding hydrogens is 230 g/mol. The maximum Gasteiger partial charge on any atom is 0.408 e. The molecule has 0 aromatic rings. The van der Waals surface area contributed by atoms with Gasteiger partial charge in [0.05, 0.1) is 6.04 Å². The predicted molar refractivity (Wildman–Crippen MR) is 70.4 cm³/mol. The van der Waals surface area contributed by atoms with Crippen molar-refractivity contribution < 1.29 is 14.3 Å². The van der Waals surface area contributed by atoms with Gasteiger partial charge in [0.25, 0.3) is 0 Å². The standard InChI is InChI=1S/C14H25NO3/c1-14(2,3)18-13(17)15-12(10-16)11-8-6-4-5-7-9-11/h10-12H,4-9H2,1-3H3,(H,15,17). The van der Waals surface area contributed by atoms with Crippen LogP contribution in [0.4, 0.5) is 4.79 Å². The largest absolute Gasteiger partial charge is 0.444 e. The number of alkyl carbamates (subject to hydrolysis) is 1. The van der Waals surface area contributed by atoms with Crippen molar-refractivity contribution in [1.82, 2.24) is 5.32 Å². The molecule has 0 radical (unpaired) electrons. The minimum atomic E-state index is -0.527. The van der Waals surface area contributed by atoms with Crippen molar-refractivity contribution in [3.63, 3.8) is 0 Å². The zero-order valence-electron chi connectivity index (χ0n) is 11.7. The monoisotopic (exact) mass is 255 g/mol. The van der Waals surface area contributed by atoms with E-state index in [0.717, 1.165) is 32.0 Å². The molecule has 1 atom stereocenters. The summed E-state index contributed by atoms with van der Waals surface area (Å²) in [5.41, 5.74) is -0.527. The summed E-state index contributed by atoms with van der Waals surface area (Å²) >= 11 is 0. The maximum atomic E-state index is 11.7. The Hall–Kier alpha value is -1.06. The first kappa shape index (κ1) is 15.0. The average molecular weight is 255 g/mol. The Morgan fingerprint density at radius 1 is 1.22 bits per heavy atom. The van der Waals surface area contributed by atoms with Crippen LogP contribution in [-0.4, -0.2) is 24.0 Å². The molecule has 4 nitrogen and oxygen atoms in total. The second-order valence-electron chi connectivity index (χ2n) is 6.06. The van der Waals surface area contributed by atoms with Gasteiger partial charge in [-0.2, -0.15) is 0 Å². The summed E-state index contributed by atoms with van der Waals surface area (Å²) in [6, 6.07) is -0.405. The predicted octanol–water partition coefficient (Wildman–Crippen LogP) is 3.05. The molecule has 0 bridgehead atoms. The number of carbonyl (C=O) groups excluding carboxylic acids is 2. The van der Waals surface area contributed by atoms with Crippen LogP contribution in [0.2, 0.25) is 0 Å². The van der Waals surface area contributed by atoms with Crippen molar-refractivity contribution in [2.45, 2.75) is 70.9 Å². The van der Waals surface area contributed by atoms with Gasteiger partial charge in [-0.15, -0.1) is 0 Å². The van der Waals surface area contributed by atoms with E-state index in [4.69, 9.17) is 4.74 Å². The molecule has 104 valence electrons. The summed E-state index contributed by atoms with van der Waals surface area (Å²) in [4.78, 5) is 22.8. The molecule has 1 N–H and O–H groups in total. The van der Waals surface area contributed by atoms with E-state index in [0.29, 0.717) is 0 Å². The van der Waals surface area contributed by atoms with Gasteiger partial charge >= 0.3 is 6.09 Å². The second kappa shape index (κ2) is 6.76. The van der Waals surface area contributed by atoms with E-state index >= 15 is 0 Å². The van der Waals surface area contributed by atoms with Crippen molar-refractivity contribution in [2.24, 2.45) is 5.92 Å². The lowest BCUT2D eigenvalue weighted by molar-refractivity contribution is -0.110. The van der Waals surface area contributed by atoms with E-state index in [-0.39, 0.29) is 5.92 Å². The van der Waals surface area contributed by atoms with Crippen LogP contribution < -0.4 is 5.32 Å². The lowest BCUT2D eigenvalue weighted by atomic mass is 9.93. The number of amides is 1. The minimum Gasteiger partial charge on any atom is -0.444 e. The second-order valence-corrected chi connectivity index (χ2v) is 6.06. The Morgan fingerprint density at radius 2 is 1.78 bits per heavy atom. The Labute approximate surface area is 109 Å². The molecule has 1 rings (SSSR count). The molecule has 1 aliphatic carbocycles. The highest BCUT2D eigenvalue weighted by atomic mass is 16.6. The van der Waals surface area contributed by atoms with Crippen LogP contribution in [0.3, 0.4) is 0 Å². The van der Waals surface area contributed by atoms with E-state index in [1.54, 1.807) is 0 Å². The third kappa shape index (κ3) is 5.52. The van der Waals surface area contributed by atoms with Gasteiger partial charge in [0, 0.05) is 0 Å². The van der Waals surface area contributed by atoms with Gasteiger partial charge in [0.1, 0.15) is 11.9 Å². The number of aldehydes is 1. The third-order valence-electron chi connectivity index (χ3n) is 3.24. The molecule has 1 amide bonds. The first-order valence-electron chi connectivity index (χ1n) is 6.87. The Kier molecular flexibility index (Phi) is 5.63. The molecule has 0 spiro atoms. The average Bonchev–Trinajstić information content (AvgIpc) is 2.51. The van der Waals surface area contributed by atoms with Crippen molar-refractivity contribution in [1.29, 1.82) is 0 Å². The smallest absolute Gasteiger partial charge is 0.408 e. The summed E-state index contributed by atoms with van der Waals surface area (Å²) in [5.74, 6) is 0.262. The number of carbonyl (C=O) groups is 2. The molecule has 1 saturated carbocycles. The van der Waals surface area contributed by atoms with Gasteiger partial charge in [0.15, 0.2) is 0 Å². The van der Waals surface area contributed by atoms with Crippen LogP contribution in [0.5, 0.6) is 0 Å². The van der Waals surface area contributed by atoms with Crippen molar-refractivity contribution in [3.8, 4) is 0 Å². The fraction of sp³-hybridized carbons (Fsp3) is 0.857. The molecule has 1 fully saturated rings. The van der Waals surface area contributed by atoms with Gasteiger partial charge < -0.3 is 14.8 Å². The molecule has 0 aromatic heterocycles. The van der Waals surface area contributed by atoms with E-state index in [9.17, 15) is 9.59 Å². The van der Waals surface area contributed by atoms with Crippen LogP contribution in [0.15, 0.2) is 0 Å². The summed E-state index contributed by atoms with van der Waals surface area (Å²) in [6.07, 6.45) is 7.13. The Bertz CT molecular complexity index is 275. The molecule has 4 heteroatoms. The molecular formula is C14H25NO3. The summed E-state index contributed by atoms with van der Waals surface area (Å²) in [5, 5.41) is 2.69. The molecule has 0 aromatic carbocycles. The fourth-order valence-corrected chi connectivity index (χ4v) is 2.38. The molecule has 0 heterocycles. The summed E-state index contributed by atoms with van der Waals surface area (Å²) < 4.78 is 5.18. The quantitative estimate of drug-likeness (QED) is 0.623. The van der Waals surface area contributed by atoms with E-state index in [1.165, 1.54) is 12.8 Å². The number of rotatable bonds is 3. The van der Waals surface area contributed by atoms with E-state index < -0.39 is 17.7 Å².